The third-order valence-corrected chi connectivity index (χ3v) is 6.24. The van der Waals surface area contributed by atoms with Crippen LogP contribution in [0.1, 0.15) is 43.6 Å². The molecule has 1 N–H and O–H groups in total. The fourth-order valence-electron chi connectivity index (χ4n) is 4.95. The Morgan fingerprint density at radius 2 is 1.94 bits per heavy atom. The van der Waals surface area contributed by atoms with Crippen LogP contribution in [0.4, 0.5) is 0 Å². The smallest absolute Gasteiger partial charge is 0.337 e. The van der Waals surface area contributed by atoms with Crippen molar-refractivity contribution >= 4 is 27.6 Å². The molecule has 5 rings (SSSR count). The number of pyridine rings is 1. The molecule has 6 nitrogen and oxygen atoms in total. The number of nitrogens with zero attached hydrogens (tertiary/aromatic N) is 1. The predicted molar refractivity (Wildman–Crippen MR) is 131 cm³/mol. The molecule has 174 valence electrons. The van der Waals surface area contributed by atoms with Crippen molar-refractivity contribution in [2.45, 2.75) is 45.8 Å². The van der Waals surface area contributed by atoms with E-state index in [1.165, 1.54) is 6.20 Å². The lowest BCUT2D eigenvalue weighted by Gasteiger charge is -2.29. The van der Waals surface area contributed by atoms with E-state index in [4.69, 9.17) is 9.47 Å². The van der Waals surface area contributed by atoms with Crippen LogP contribution in [-0.4, -0.2) is 23.3 Å². The summed E-state index contributed by atoms with van der Waals surface area (Å²) in [5, 5.41) is 26.1. The number of carbonyl (C=O) groups is 1. The van der Waals surface area contributed by atoms with Crippen molar-refractivity contribution in [1.29, 1.82) is 0 Å². The summed E-state index contributed by atoms with van der Waals surface area (Å²) in [5.41, 5.74) is 3.55. The van der Waals surface area contributed by atoms with Gasteiger partial charge in [0.15, 0.2) is 12.3 Å². The lowest BCUT2D eigenvalue weighted by Crippen LogP contribution is -2.30. The molecule has 2 heterocycles. The first kappa shape index (κ1) is 22.2. The average Bonchev–Trinajstić information content (AvgIpc) is 2.78. The number of carboxylic acid groups (broad SMARTS) is 1. The van der Waals surface area contributed by atoms with Gasteiger partial charge in [0.25, 0.3) is 0 Å². The van der Waals surface area contributed by atoms with E-state index in [9.17, 15) is 15.1 Å². The number of carboxylic acids is 1. The highest BCUT2D eigenvalue weighted by Gasteiger charge is 2.33. The summed E-state index contributed by atoms with van der Waals surface area (Å²) in [5.74, 6) is -0.403. The van der Waals surface area contributed by atoms with Crippen molar-refractivity contribution in [3.8, 4) is 16.9 Å². The second-order valence-electron chi connectivity index (χ2n) is 9.75. The lowest BCUT2D eigenvalue weighted by atomic mass is 9.85. The first-order valence-corrected chi connectivity index (χ1v) is 11.4. The monoisotopic (exact) mass is 457 g/mol. The van der Waals surface area contributed by atoms with Gasteiger partial charge in [0.2, 0.25) is 5.52 Å². The third-order valence-electron chi connectivity index (χ3n) is 6.24. The summed E-state index contributed by atoms with van der Waals surface area (Å²) < 4.78 is 12.8. The number of hydrogen-bond donors (Lipinski definition) is 1. The molecule has 0 fully saturated rings. The maximum atomic E-state index is 13.2. The zero-order valence-corrected chi connectivity index (χ0v) is 19.7. The van der Waals surface area contributed by atoms with Gasteiger partial charge in [0.05, 0.1) is 23.2 Å². The molecule has 0 amide bonds. The Labute approximate surface area is 197 Å². The second-order valence-corrected chi connectivity index (χ2v) is 9.75. The van der Waals surface area contributed by atoms with Crippen molar-refractivity contribution < 1.29 is 24.1 Å². The van der Waals surface area contributed by atoms with Gasteiger partial charge in [-0.05, 0) is 61.7 Å². The Kier molecular flexibility index (Phi) is 5.21. The first-order valence-electron chi connectivity index (χ1n) is 11.4. The van der Waals surface area contributed by atoms with E-state index in [0.29, 0.717) is 41.0 Å². The Balaban J connectivity index is 1.94. The van der Waals surface area contributed by atoms with E-state index < -0.39 is 17.7 Å². The largest absolute Gasteiger partial charge is 0.618 e. The van der Waals surface area contributed by atoms with Gasteiger partial charge in [-0.15, -0.1) is 0 Å². The van der Waals surface area contributed by atoms with Crippen LogP contribution in [0.2, 0.25) is 0 Å². The summed E-state index contributed by atoms with van der Waals surface area (Å²) in [6.45, 7) is 7.97. The van der Waals surface area contributed by atoms with Gasteiger partial charge in [0, 0.05) is 23.6 Å². The molecule has 4 aromatic rings. The Hall–Kier alpha value is -3.64. The number of aliphatic carboxylic acids is 1. The number of ether oxygens (including phenoxy) is 2. The number of benzene rings is 3. The van der Waals surface area contributed by atoms with E-state index in [1.54, 1.807) is 0 Å². The molecule has 0 saturated carbocycles. The highest BCUT2D eigenvalue weighted by atomic mass is 16.5. The highest BCUT2D eigenvalue weighted by molar-refractivity contribution is 6.07. The molecule has 0 spiro atoms. The zero-order chi connectivity index (χ0) is 24.2. The molecule has 0 aliphatic carbocycles. The van der Waals surface area contributed by atoms with Crippen molar-refractivity contribution in [1.82, 2.24) is 0 Å². The number of rotatable bonds is 4. The van der Waals surface area contributed by atoms with Crippen LogP contribution < -0.4 is 9.47 Å². The number of hydrogen-bond acceptors (Lipinski definition) is 4. The summed E-state index contributed by atoms with van der Waals surface area (Å²) in [7, 11) is 0. The van der Waals surface area contributed by atoms with Crippen molar-refractivity contribution in [3.05, 3.63) is 76.6 Å². The van der Waals surface area contributed by atoms with Gasteiger partial charge in [0.1, 0.15) is 5.75 Å². The van der Waals surface area contributed by atoms with Crippen LogP contribution in [0.25, 0.3) is 32.8 Å². The van der Waals surface area contributed by atoms with Gasteiger partial charge < -0.3 is 19.8 Å². The zero-order valence-electron chi connectivity index (χ0n) is 19.7. The standard InChI is InChI=1S/C28H27NO5/c1-16-15-18-7-5-6-8-19(18)24(22(16)26(27(30)31)34-28(2,3)4)20-9-10-21-23-17(12-14-33-21)11-13-29(32)25(20)23/h5-11,13,15,26H,12,14H2,1-4H3,(H,30,31)/t26-/m0/s1. The number of aryl methyl sites for hydroxylation is 1. The molecular formula is C28H27NO5. The summed E-state index contributed by atoms with van der Waals surface area (Å²) in [6, 6.07) is 15.4. The lowest BCUT2D eigenvalue weighted by molar-refractivity contribution is -0.576. The summed E-state index contributed by atoms with van der Waals surface area (Å²) in [6.07, 6.45) is 1.02. The van der Waals surface area contributed by atoms with Crippen LogP contribution in [0.5, 0.6) is 5.75 Å². The minimum Gasteiger partial charge on any atom is -0.618 e. The fourth-order valence-corrected chi connectivity index (χ4v) is 4.95. The van der Waals surface area contributed by atoms with E-state index >= 15 is 0 Å². The molecule has 6 heteroatoms. The van der Waals surface area contributed by atoms with Crippen LogP contribution in [0.3, 0.4) is 0 Å². The van der Waals surface area contributed by atoms with E-state index in [0.717, 1.165) is 32.0 Å². The van der Waals surface area contributed by atoms with Crippen LogP contribution >= 0.6 is 0 Å². The molecule has 1 atom stereocenters. The predicted octanol–water partition coefficient (Wildman–Crippen LogP) is 5.48. The normalized spacial score (nSPS) is 14.2. The molecule has 0 radical (unpaired) electrons. The molecular weight excluding hydrogens is 430 g/mol. The highest BCUT2D eigenvalue weighted by Crippen LogP contribution is 2.44. The molecule has 0 bridgehead atoms. The van der Waals surface area contributed by atoms with Gasteiger partial charge in [-0.3, -0.25) is 0 Å². The Morgan fingerprint density at radius 1 is 1.18 bits per heavy atom. The topological polar surface area (TPSA) is 82.7 Å². The van der Waals surface area contributed by atoms with Gasteiger partial charge >= 0.3 is 5.97 Å². The third kappa shape index (κ3) is 3.64. The van der Waals surface area contributed by atoms with E-state index in [2.05, 4.69) is 0 Å². The van der Waals surface area contributed by atoms with Gasteiger partial charge in [-0.1, -0.05) is 30.3 Å². The minimum absolute atomic E-state index is 0.478. The molecule has 1 aliphatic rings. The van der Waals surface area contributed by atoms with Crippen LogP contribution in [0, 0.1) is 12.1 Å². The fraction of sp³-hybridized carbons (Fsp3) is 0.286. The van der Waals surface area contributed by atoms with E-state index in [-0.39, 0.29) is 0 Å². The summed E-state index contributed by atoms with van der Waals surface area (Å²) in [4.78, 5) is 12.5. The molecule has 3 aromatic carbocycles. The molecule has 1 aliphatic heterocycles. The minimum atomic E-state index is -1.21. The number of aromatic nitrogens is 1. The molecule has 0 saturated heterocycles. The maximum Gasteiger partial charge on any atom is 0.337 e. The average molecular weight is 458 g/mol. The first-order chi connectivity index (χ1) is 16.2. The van der Waals surface area contributed by atoms with Gasteiger partial charge in [-0.25, -0.2) is 4.79 Å². The van der Waals surface area contributed by atoms with Crippen molar-refractivity contribution in [3.63, 3.8) is 0 Å². The van der Waals surface area contributed by atoms with Gasteiger partial charge in [-0.2, -0.15) is 4.73 Å². The van der Waals surface area contributed by atoms with Crippen molar-refractivity contribution in [2.24, 2.45) is 0 Å². The molecule has 34 heavy (non-hydrogen) atoms. The molecule has 0 unspecified atom stereocenters. The summed E-state index contributed by atoms with van der Waals surface area (Å²) >= 11 is 0. The van der Waals surface area contributed by atoms with Crippen LogP contribution in [0.15, 0.2) is 54.7 Å². The Bertz CT molecular complexity index is 1440. The SMILES string of the molecule is Cc1cc2ccccc2c(-c2ccc3c4c(cc[n+]([O-])c24)CCO3)c1[C@H](OC(C)(C)C)C(=O)O. The van der Waals surface area contributed by atoms with E-state index in [1.807, 2.05) is 76.2 Å². The second kappa shape index (κ2) is 7.99. The maximum absolute atomic E-state index is 13.2. The molecule has 1 aromatic heterocycles. The quantitative estimate of drug-likeness (QED) is 0.324. The van der Waals surface area contributed by atoms with Crippen molar-refractivity contribution in [2.75, 3.05) is 6.61 Å². The van der Waals surface area contributed by atoms with Crippen LogP contribution in [-0.2, 0) is 16.0 Å². The Morgan fingerprint density at radius 3 is 2.68 bits per heavy atom. The number of fused-ring (bicyclic) bond motifs is 1.